The van der Waals surface area contributed by atoms with Crippen LogP contribution in [0.3, 0.4) is 0 Å². The molecule has 0 spiro atoms. The van der Waals surface area contributed by atoms with Gasteiger partial charge in [-0.25, -0.2) is 8.70 Å². The standard InChI is InChI=1S/C24H30FN3O4S.Na/c1-3-7-22(29)27-33(31)28-14-12-24(13-15-28,18-8-6-9-19(25)16-18)17-26-23(30)20-10-4-5-11-21(20)32-2;/h4-6,8-11,16H,3,7,12-15,17H2,1-2H3,(H2,26,27,29,30);/q;+1/p-1. The molecule has 1 saturated heterocycles. The molecule has 2 amide bonds. The van der Waals surface area contributed by atoms with E-state index in [1.165, 1.54) is 19.2 Å². The number of nitrogens with zero attached hydrogens (tertiary/aromatic N) is 2. The van der Waals surface area contributed by atoms with Crippen molar-refractivity contribution in [3.63, 3.8) is 0 Å². The molecule has 10 heteroatoms. The Bertz CT molecular complexity index is 1020. The number of carbonyl (C=O) groups excluding carboxylic acids is 2. The molecule has 1 aliphatic heterocycles. The summed E-state index contributed by atoms with van der Waals surface area (Å²) in [5.41, 5.74) is 0.641. The van der Waals surface area contributed by atoms with Gasteiger partial charge in [0.2, 0.25) is 0 Å². The van der Waals surface area contributed by atoms with Gasteiger partial charge in [0, 0.05) is 36.2 Å². The maximum absolute atomic E-state index is 14.1. The number of rotatable bonds is 9. The molecule has 0 aromatic heterocycles. The Morgan fingerprint density at radius 3 is 2.53 bits per heavy atom. The minimum absolute atomic E-state index is 0. The number of hydrogen-bond acceptors (Lipinski definition) is 4. The number of piperidine rings is 1. The number of methoxy groups -OCH3 is 1. The second kappa shape index (κ2) is 13.3. The van der Waals surface area contributed by atoms with Crippen molar-refractivity contribution in [1.29, 1.82) is 0 Å². The van der Waals surface area contributed by atoms with E-state index in [1.54, 1.807) is 34.6 Å². The molecule has 0 bridgehead atoms. The average molecular weight is 498 g/mol. The summed E-state index contributed by atoms with van der Waals surface area (Å²) in [4.78, 5) is 24.6. The molecule has 2 aromatic carbocycles. The maximum atomic E-state index is 14.1. The minimum Gasteiger partial charge on any atom is -0.558 e. The Hall–Kier alpha value is -1.78. The second-order valence-electron chi connectivity index (χ2n) is 8.07. The molecule has 34 heavy (non-hydrogen) atoms. The molecule has 178 valence electrons. The van der Waals surface area contributed by atoms with Crippen LogP contribution in [-0.4, -0.2) is 47.1 Å². The van der Waals surface area contributed by atoms with Crippen molar-refractivity contribution < 1.29 is 52.5 Å². The van der Waals surface area contributed by atoms with Crippen LogP contribution < -0.4 is 39.6 Å². The molecular formula is C24H29FN3NaO4S. The molecule has 0 aliphatic carbocycles. The van der Waals surface area contributed by atoms with Crippen LogP contribution in [-0.2, 0) is 21.4 Å². The smallest absolute Gasteiger partial charge is 0.558 e. The number of carbonyl (C=O) groups is 2. The number of benzene rings is 2. The van der Waals surface area contributed by atoms with Crippen molar-refractivity contribution in [3.05, 3.63) is 70.2 Å². The number of ether oxygens (including phenoxy) is 1. The van der Waals surface area contributed by atoms with E-state index in [0.717, 1.165) is 5.56 Å². The first-order valence-corrected chi connectivity index (χ1v) is 12.0. The predicted molar refractivity (Wildman–Crippen MR) is 126 cm³/mol. The van der Waals surface area contributed by atoms with Crippen molar-refractivity contribution >= 4 is 23.0 Å². The molecule has 1 unspecified atom stereocenters. The van der Waals surface area contributed by atoms with Crippen LogP contribution >= 0.6 is 0 Å². The van der Waals surface area contributed by atoms with E-state index in [0.29, 0.717) is 43.7 Å². The third-order valence-corrected chi connectivity index (χ3v) is 7.09. The average Bonchev–Trinajstić information content (AvgIpc) is 2.83. The Morgan fingerprint density at radius 1 is 1.18 bits per heavy atom. The van der Waals surface area contributed by atoms with E-state index < -0.39 is 16.6 Å². The van der Waals surface area contributed by atoms with E-state index in [1.807, 2.05) is 13.0 Å². The molecule has 0 saturated carbocycles. The van der Waals surface area contributed by atoms with Crippen LogP contribution in [0.1, 0.15) is 48.5 Å². The summed E-state index contributed by atoms with van der Waals surface area (Å²) in [6.45, 7) is 2.94. The van der Waals surface area contributed by atoms with Crippen LogP contribution in [0.25, 0.3) is 4.72 Å². The number of halogens is 1. The zero-order valence-electron chi connectivity index (χ0n) is 19.9. The molecule has 2 aromatic rings. The van der Waals surface area contributed by atoms with Crippen molar-refractivity contribution in [2.24, 2.45) is 0 Å². The van der Waals surface area contributed by atoms with Gasteiger partial charge in [-0.1, -0.05) is 37.6 Å². The Morgan fingerprint density at radius 2 is 1.88 bits per heavy atom. The van der Waals surface area contributed by atoms with Crippen LogP contribution in [0.2, 0.25) is 0 Å². The first kappa shape index (κ1) is 28.5. The molecule has 0 radical (unpaired) electrons. The molecular weight excluding hydrogens is 468 g/mol. The zero-order chi connectivity index (χ0) is 23.8. The second-order valence-corrected chi connectivity index (χ2v) is 9.23. The summed E-state index contributed by atoms with van der Waals surface area (Å²) in [6, 6.07) is 13.3. The zero-order valence-corrected chi connectivity index (χ0v) is 22.7. The number of amides is 2. The van der Waals surface area contributed by atoms with Gasteiger partial charge in [0.25, 0.3) is 5.91 Å². The third-order valence-electron chi connectivity index (χ3n) is 5.92. The van der Waals surface area contributed by atoms with Crippen molar-refractivity contribution in [1.82, 2.24) is 9.62 Å². The van der Waals surface area contributed by atoms with E-state index in [4.69, 9.17) is 4.74 Å². The Balaban J connectivity index is 0.00000408. The van der Waals surface area contributed by atoms with Crippen LogP contribution in [0, 0.1) is 5.82 Å². The van der Waals surface area contributed by atoms with Gasteiger partial charge in [-0.05, 0) is 49.1 Å². The van der Waals surface area contributed by atoms with Gasteiger partial charge in [-0.3, -0.25) is 9.00 Å². The summed E-state index contributed by atoms with van der Waals surface area (Å²) >= 11 is -1.75. The first-order valence-electron chi connectivity index (χ1n) is 11.0. The third kappa shape index (κ3) is 7.11. The molecule has 1 fully saturated rings. The van der Waals surface area contributed by atoms with E-state index in [-0.39, 0.29) is 60.2 Å². The normalized spacial score (nSPS) is 16.1. The van der Waals surface area contributed by atoms with Gasteiger partial charge < -0.3 is 19.6 Å². The number of para-hydroxylation sites is 1. The van der Waals surface area contributed by atoms with Crippen molar-refractivity contribution in [3.8, 4) is 5.75 Å². The summed E-state index contributed by atoms with van der Waals surface area (Å²) < 4.78 is 37.3. The molecule has 3 rings (SSSR count). The fourth-order valence-electron chi connectivity index (χ4n) is 4.04. The minimum atomic E-state index is -1.75. The fraction of sp³-hybridized carbons (Fsp3) is 0.417. The van der Waals surface area contributed by atoms with Crippen LogP contribution in [0.5, 0.6) is 5.75 Å². The predicted octanol–water partition coefficient (Wildman–Crippen LogP) is 0.881. The van der Waals surface area contributed by atoms with Gasteiger partial charge in [0.15, 0.2) is 0 Å². The van der Waals surface area contributed by atoms with Gasteiger partial charge in [-0.15, -0.1) is 0 Å². The van der Waals surface area contributed by atoms with E-state index in [9.17, 15) is 18.2 Å². The van der Waals surface area contributed by atoms with E-state index >= 15 is 0 Å². The maximum Gasteiger partial charge on any atom is 1.00 e. The van der Waals surface area contributed by atoms with Crippen molar-refractivity contribution in [2.75, 3.05) is 26.7 Å². The largest absolute Gasteiger partial charge is 1.00 e. The topological polar surface area (TPSA) is 89.8 Å². The van der Waals surface area contributed by atoms with Crippen LogP contribution in [0.4, 0.5) is 4.39 Å². The Kier molecular flexibility index (Phi) is 11.2. The molecule has 1 N–H and O–H groups in total. The number of nitrogens with one attached hydrogen (secondary N) is 1. The van der Waals surface area contributed by atoms with E-state index in [2.05, 4.69) is 10.0 Å². The molecule has 1 heterocycles. The van der Waals surface area contributed by atoms with Crippen LogP contribution in [0.15, 0.2) is 48.5 Å². The SMILES string of the molecule is CCCC(=O)[N-]S(=O)N1CCC(CNC(=O)c2ccccc2OC)(c2cccc(F)c2)CC1.[Na+]. The molecule has 1 aliphatic rings. The monoisotopic (exact) mass is 497 g/mol. The first-order chi connectivity index (χ1) is 15.9. The Labute approximate surface area is 224 Å². The van der Waals surface area contributed by atoms with Gasteiger partial charge in [0.05, 0.1) is 18.6 Å². The van der Waals surface area contributed by atoms with Gasteiger partial charge >= 0.3 is 29.6 Å². The summed E-state index contributed by atoms with van der Waals surface area (Å²) in [7, 11) is 1.51. The molecule has 7 nitrogen and oxygen atoms in total. The van der Waals surface area contributed by atoms with Gasteiger partial charge in [-0.2, -0.15) is 0 Å². The van der Waals surface area contributed by atoms with Gasteiger partial charge in [0.1, 0.15) is 11.6 Å². The summed E-state index contributed by atoms with van der Waals surface area (Å²) in [5.74, 6) is -0.538. The van der Waals surface area contributed by atoms with Crippen molar-refractivity contribution in [2.45, 2.75) is 38.0 Å². The number of hydrogen-bond donors (Lipinski definition) is 1. The summed E-state index contributed by atoms with van der Waals surface area (Å²) in [6.07, 6.45) is 1.95. The summed E-state index contributed by atoms with van der Waals surface area (Å²) in [5, 5.41) is 2.98. The fourth-order valence-corrected chi connectivity index (χ4v) is 4.91. The quantitative estimate of drug-likeness (QED) is 0.521. The molecule has 1 atom stereocenters.